The highest BCUT2D eigenvalue weighted by molar-refractivity contribution is 6.36. The minimum Gasteiger partial charge on any atom is -0.456 e. The largest absolute Gasteiger partial charge is 0.456 e. The number of hydrogen-bond donors (Lipinski definition) is 1. The van der Waals surface area contributed by atoms with Crippen molar-refractivity contribution in [3.63, 3.8) is 0 Å². The molecule has 3 rings (SSSR count). The summed E-state index contributed by atoms with van der Waals surface area (Å²) in [5.41, 5.74) is 0.729. The smallest absolute Gasteiger partial charge is 0.280 e. The van der Waals surface area contributed by atoms with Gasteiger partial charge in [0.25, 0.3) is 5.69 Å². The number of nitrogens with zero attached hydrogens (tertiary/aromatic N) is 1. The molecule has 1 amide bonds. The summed E-state index contributed by atoms with van der Waals surface area (Å²) in [5.74, 6) is 0.298. The number of rotatable bonds is 5. The van der Waals surface area contributed by atoms with Crippen LogP contribution in [-0.4, -0.2) is 10.8 Å². The van der Waals surface area contributed by atoms with Gasteiger partial charge in [-0.25, -0.2) is 0 Å². The number of amides is 1. The number of carbonyl (C=O) groups is 1. The first-order valence-corrected chi connectivity index (χ1v) is 8.47. The van der Waals surface area contributed by atoms with Gasteiger partial charge in [0.1, 0.15) is 11.5 Å². The van der Waals surface area contributed by atoms with Crippen LogP contribution in [0.3, 0.4) is 0 Å². The van der Waals surface area contributed by atoms with Gasteiger partial charge in [-0.1, -0.05) is 35.3 Å². The van der Waals surface area contributed by atoms with Gasteiger partial charge < -0.3 is 9.73 Å². The average molecular weight is 403 g/mol. The molecule has 3 aromatic rings. The number of anilines is 1. The first kappa shape index (κ1) is 18.7. The molecule has 0 saturated heterocycles. The fourth-order valence-corrected chi connectivity index (χ4v) is 2.81. The van der Waals surface area contributed by atoms with E-state index >= 15 is 0 Å². The van der Waals surface area contributed by atoms with Crippen molar-refractivity contribution in [3.05, 3.63) is 86.6 Å². The molecule has 1 heterocycles. The van der Waals surface area contributed by atoms with Crippen LogP contribution >= 0.6 is 23.2 Å². The lowest BCUT2D eigenvalue weighted by atomic mass is 10.1. The molecule has 27 heavy (non-hydrogen) atoms. The topological polar surface area (TPSA) is 85.4 Å². The Morgan fingerprint density at radius 1 is 1.11 bits per heavy atom. The normalized spacial score (nSPS) is 10.9. The summed E-state index contributed by atoms with van der Waals surface area (Å²) < 4.78 is 5.59. The highest BCUT2D eigenvalue weighted by atomic mass is 35.5. The average Bonchev–Trinajstić information content (AvgIpc) is 3.11. The Kier molecular flexibility index (Phi) is 5.59. The predicted octanol–water partition coefficient (Wildman–Crippen LogP) is 5.81. The van der Waals surface area contributed by atoms with Gasteiger partial charge in [-0.3, -0.25) is 14.9 Å². The van der Waals surface area contributed by atoms with E-state index in [0.29, 0.717) is 32.8 Å². The molecule has 6 nitrogen and oxygen atoms in total. The Labute approximate surface area is 164 Å². The summed E-state index contributed by atoms with van der Waals surface area (Å²) in [5, 5.41) is 14.5. The van der Waals surface area contributed by atoms with Crippen molar-refractivity contribution in [1.82, 2.24) is 0 Å². The van der Waals surface area contributed by atoms with Gasteiger partial charge in [0.05, 0.1) is 21.2 Å². The zero-order chi connectivity index (χ0) is 19.4. The zero-order valence-electron chi connectivity index (χ0n) is 13.7. The molecule has 0 saturated carbocycles. The fraction of sp³-hybridized carbons (Fsp3) is 0. The van der Waals surface area contributed by atoms with E-state index in [4.69, 9.17) is 27.6 Å². The molecule has 0 radical (unpaired) electrons. The molecular formula is C19H12Cl2N2O4. The van der Waals surface area contributed by atoms with Crippen LogP contribution in [-0.2, 0) is 4.79 Å². The number of carbonyl (C=O) groups excluding carboxylic acids is 1. The molecule has 0 fully saturated rings. The SMILES string of the molecule is O=C(/C=C/c1ccc(-c2ccccc2[N+](=O)[O-])o1)Nc1ccc(Cl)cc1Cl. The monoisotopic (exact) mass is 402 g/mol. The van der Waals surface area contributed by atoms with Crippen molar-refractivity contribution in [2.45, 2.75) is 0 Å². The van der Waals surface area contributed by atoms with Crippen molar-refractivity contribution in [1.29, 1.82) is 0 Å². The summed E-state index contributed by atoms with van der Waals surface area (Å²) >= 11 is 11.8. The molecule has 0 aliphatic heterocycles. The van der Waals surface area contributed by atoms with E-state index in [2.05, 4.69) is 5.32 Å². The van der Waals surface area contributed by atoms with E-state index in [1.807, 2.05) is 0 Å². The lowest BCUT2D eigenvalue weighted by Gasteiger charge is -2.04. The Morgan fingerprint density at radius 3 is 2.63 bits per heavy atom. The van der Waals surface area contributed by atoms with Crippen molar-refractivity contribution < 1.29 is 14.1 Å². The van der Waals surface area contributed by atoms with Crippen molar-refractivity contribution >= 4 is 46.6 Å². The van der Waals surface area contributed by atoms with Crippen LogP contribution in [0.2, 0.25) is 10.0 Å². The second-order valence-corrected chi connectivity index (χ2v) is 6.27. The van der Waals surface area contributed by atoms with Gasteiger partial charge in [0.2, 0.25) is 5.91 Å². The number of nitro benzene ring substituents is 1. The molecular weight excluding hydrogens is 391 g/mol. The van der Waals surface area contributed by atoms with Gasteiger partial charge in [-0.15, -0.1) is 0 Å². The third kappa shape index (κ3) is 4.55. The van der Waals surface area contributed by atoms with Gasteiger partial charge in [-0.2, -0.15) is 0 Å². The fourth-order valence-electron chi connectivity index (χ4n) is 2.35. The first-order valence-electron chi connectivity index (χ1n) is 7.72. The molecule has 1 N–H and O–H groups in total. The lowest BCUT2D eigenvalue weighted by Crippen LogP contribution is -2.07. The van der Waals surface area contributed by atoms with Gasteiger partial charge >= 0.3 is 0 Å². The molecule has 136 valence electrons. The Morgan fingerprint density at radius 2 is 1.89 bits per heavy atom. The molecule has 0 bridgehead atoms. The Balaban J connectivity index is 1.74. The predicted molar refractivity (Wildman–Crippen MR) is 105 cm³/mol. The molecule has 0 atom stereocenters. The van der Waals surface area contributed by atoms with Crippen LogP contribution < -0.4 is 5.32 Å². The number of nitrogens with one attached hydrogen (secondary N) is 1. The van der Waals surface area contributed by atoms with Crippen LogP contribution in [0.25, 0.3) is 17.4 Å². The molecule has 0 unspecified atom stereocenters. The number of nitro groups is 1. The summed E-state index contributed by atoms with van der Waals surface area (Å²) in [6.07, 6.45) is 2.73. The number of furan rings is 1. The quantitative estimate of drug-likeness (QED) is 0.331. The summed E-state index contributed by atoms with van der Waals surface area (Å²) in [7, 11) is 0. The Bertz CT molecular complexity index is 1040. The van der Waals surface area contributed by atoms with Crippen LogP contribution in [0, 0.1) is 10.1 Å². The number of para-hydroxylation sites is 1. The van der Waals surface area contributed by atoms with E-state index < -0.39 is 10.8 Å². The summed E-state index contributed by atoms with van der Waals surface area (Å²) in [6.45, 7) is 0. The standard InChI is InChI=1S/C19H12Cl2N2O4/c20-12-5-8-16(15(21)11-12)22-19(24)10-7-13-6-9-18(27-13)14-3-1-2-4-17(14)23(25)26/h1-11H,(H,22,24)/b10-7+. The van der Waals surface area contributed by atoms with Crippen molar-refractivity contribution in [2.24, 2.45) is 0 Å². The molecule has 0 aliphatic rings. The molecule has 8 heteroatoms. The number of hydrogen-bond acceptors (Lipinski definition) is 4. The van der Waals surface area contributed by atoms with Crippen LogP contribution in [0.5, 0.6) is 0 Å². The van der Waals surface area contributed by atoms with Gasteiger partial charge in [-0.05, 0) is 42.5 Å². The summed E-state index contributed by atoms with van der Waals surface area (Å²) in [6, 6.07) is 14.2. The number of benzene rings is 2. The maximum Gasteiger partial charge on any atom is 0.280 e. The number of halogens is 2. The highest BCUT2D eigenvalue weighted by Crippen LogP contribution is 2.31. The highest BCUT2D eigenvalue weighted by Gasteiger charge is 2.16. The van der Waals surface area contributed by atoms with Crippen LogP contribution in [0.4, 0.5) is 11.4 Å². The van der Waals surface area contributed by atoms with E-state index in [9.17, 15) is 14.9 Å². The lowest BCUT2D eigenvalue weighted by molar-refractivity contribution is -0.384. The molecule has 0 spiro atoms. The third-order valence-electron chi connectivity index (χ3n) is 3.58. The van der Waals surface area contributed by atoms with E-state index in [1.54, 1.807) is 42.5 Å². The van der Waals surface area contributed by atoms with Gasteiger partial charge in [0, 0.05) is 17.2 Å². The van der Waals surface area contributed by atoms with E-state index in [-0.39, 0.29) is 5.69 Å². The van der Waals surface area contributed by atoms with E-state index in [1.165, 1.54) is 24.3 Å². The van der Waals surface area contributed by atoms with Crippen LogP contribution in [0.15, 0.2) is 65.1 Å². The minimum atomic E-state index is -0.476. The van der Waals surface area contributed by atoms with E-state index in [0.717, 1.165) is 0 Å². The third-order valence-corrected chi connectivity index (χ3v) is 4.13. The zero-order valence-corrected chi connectivity index (χ0v) is 15.2. The second kappa shape index (κ2) is 8.07. The summed E-state index contributed by atoms with van der Waals surface area (Å²) in [4.78, 5) is 22.7. The van der Waals surface area contributed by atoms with Crippen LogP contribution in [0.1, 0.15) is 5.76 Å². The maximum absolute atomic E-state index is 12.0. The van der Waals surface area contributed by atoms with Crippen molar-refractivity contribution in [3.8, 4) is 11.3 Å². The van der Waals surface area contributed by atoms with Gasteiger partial charge in [0.15, 0.2) is 0 Å². The minimum absolute atomic E-state index is 0.0579. The second-order valence-electron chi connectivity index (χ2n) is 5.42. The molecule has 2 aromatic carbocycles. The molecule has 0 aliphatic carbocycles. The Hall–Kier alpha value is -3.09. The van der Waals surface area contributed by atoms with Crippen molar-refractivity contribution in [2.75, 3.05) is 5.32 Å². The molecule has 1 aromatic heterocycles. The first-order chi connectivity index (χ1) is 12.9. The maximum atomic E-state index is 12.0.